The molecular weight excluding hydrogens is 394 g/mol. The molecule has 0 unspecified atom stereocenters. The predicted molar refractivity (Wildman–Crippen MR) is 119 cm³/mol. The molecule has 0 spiro atoms. The molecule has 1 heterocycles. The SMILES string of the molecule is COc1cccc(OC)c1C(=O)N(CC(=O)N(Cc1cccn1C)CC(C)C)C1CC1. The molecule has 1 aliphatic carbocycles. The molecule has 3 rings (SSSR count). The minimum Gasteiger partial charge on any atom is -0.496 e. The van der Waals surface area contributed by atoms with Crippen LogP contribution in [0.3, 0.4) is 0 Å². The maximum absolute atomic E-state index is 13.5. The van der Waals surface area contributed by atoms with E-state index in [1.165, 1.54) is 14.2 Å². The summed E-state index contributed by atoms with van der Waals surface area (Å²) in [6, 6.07) is 9.32. The molecule has 0 bridgehead atoms. The number of carbonyl (C=O) groups excluding carboxylic acids is 2. The Morgan fingerprint density at radius 1 is 1.10 bits per heavy atom. The van der Waals surface area contributed by atoms with Gasteiger partial charge in [0.1, 0.15) is 23.6 Å². The number of hydrogen-bond donors (Lipinski definition) is 0. The summed E-state index contributed by atoms with van der Waals surface area (Å²) in [4.78, 5) is 30.4. The monoisotopic (exact) mass is 427 g/mol. The van der Waals surface area contributed by atoms with Crippen LogP contribution in [0.25, 0.3) is 0 Å². The molecule has 0 N–H and O–H groups in total. The van der Waals surface area contributed by atoms with Crippen molar-refractivity contribution in [1.82, 2.24) is 14.4 Å². The number of carbonyl (C=O) groups is 2. The quantitative estimate of drug-likeness (QED) is 0.583. The largest absolute Gasteiger partial charge is 0.496 e. The third-order valence-electron chi connectivity index (χ3n) is 5.54. The van der Waals surface area contributed by atoms with Crippen LogP contribution in [-0.4, -0.2) is 59.5 Å². The Bertz CT molecular complexity index is 895. The van der Waals surface area contributed by atoms with Gasteiger partial charge in [0.15, 0.2) is 0 Å². The molecular formula is C24H33N3O4. The fraction of sp³-hybridized carbons (Fsp3) is 0.500. The molecule has 2 aromatic rings. The van der Waals surface area contributed by atoms with Crippen LogP contribution < -0.4 is 9.47 Å². The smallest absolute Gasteiger partial charge is 0.262 e. The van der Waals surface area contributed by atoms with Gasteiger partial charge in [-0.1, -0.05) is 19.9 Å². The molecule has 31 heavy (non-hydrogen) atoms. The van der Waals surface area contributed by atoms with Gasteiger partial charge in [-0.3, -0.25) is 9.59 Å². The van der Waals surface area contributed by atoms with Crippen molar-refractivity contribution in [3.8, 4) is 11.5 Å². The van der Waals surface area contributed by atoms with Gasteiger partial charge in [-0.2, -0.15) is 0 Å². The Kier molecular flexibility index (Phi) is 7.25. The molecule has 1 aliphatic rings. The summed E-state index contributed by atoms with van der Waals surface area (Å²) in [6.07, 6.45) is 3.78. The topological polar surface area (TPSA) is 64.0 Å². The van der Waals surface area contributed by atoms with Crippen molar-refractivity contribution in [3.05, 3.63) is 47.8 Å². The standard InChI is InChI=1S/C24H33N3O4/c1-17(2)14-26(15-19-8-7-13-25(19)3)22(28)16-27(18-11-12-18)24(29)23-20(30-4)9-6-10-21(23)31-5/h6-10,13,17-18H,11-12,14-16H2,1-5H3. The van der Waals surface area contributed by atoms with Crippen molar-refractivity contribution < 1.29 is 19.1 Å². The molecule has 2 amide bonds. The number of ether oxygens (including phenoxy) is 2. The summed E-state index contributed by atoms with van der Waals surface area (Å²) < 4.78 is 12.9. The van der Waals surface area contributed by atoms with Gasteiger partial charge in [-0.25, -0.2) is 0 Å². The molecule has 0 atom stereocenters. The van der Waals surface area contributed by atoms with Crippen LogP contribution in [0, 0.1) is 5.92 Å². The Labute approximate surface area is 184 Å². The first-order valence-electron chi connectivity index (χ1n) is 10.8. The molecule has 0 radical (unpaired) electrons. The first-order valence-corrected chi connectivity index (χ1v) is 10.8. The fourth-order valence-corrected chi connectivity index (χ4v) is 3.76. The van der Waals surface area contributed by atoms with E-state index in [1.807, 2.05) is 34.8 Å². The summed E-state index contributed by atoms with van der Waals surface area (Å²) in [6.45, 7) is 5.38. The van der Waals surface area contributed by atoms with Gasteiger partial charge >= 0.3 is 0 Å². The van der Waals surface area contributed by atoms with Crippen molar-refractivity contribution in [2.45, 2.75) is 39.3 Å². The zero-order valence-corrected chi connectivity index (χ0v) is 19.1. The van der Waals surface area contributed by atoms with E-state index in [9.17, 15) is 9.59 Å². The Morgan fingerprint density at radius 3 is 2.23 bits per heavy atom. The second-order valence-corrected chi connectivity index (χ2v) is 8.48. The van der Waals surface area contributed by atoms with E-state index in [0.29, 0.717) is 36.1 Å². The first kappa shape index (κ1) is 22.7. The molecule has 1 saturated carbocycles. The van der Waals surface area contributed by atoms with Crippen molar-refractivity contribution in [2.75, 3.05) is 27.3 Å². The number of nitrogens with zero attached hydrogens (tertiary/aromatic N) is 3. The van der Waals surface area contributed by atoms with Crippen molar-refractivity contribution in [1.29, 1.82) is 0 Å². The van der Waals surface area contributed by atoms with Crippen LogP contribution in [0.5, 0.6) is 11.5 Å². The average molecular weight is 428 g/mol. The Balaban J connectivity index is 1.84. The lowest BCUT2D eigenvalue weighted by Gasteiger charge is -2.29. The highest BCUT2D eigenvalue weighted by molar-refractivity contribution is 6.01. The van der Waals surface area contributed by atoms with Crippen molar-refractivity contribution in [2.24, 2.45) is 13.0 Å². The summed E-state index contributed by atoms with van der Waals surface area (Å²) >= 11 is 0. The van der Waals surface area contributed by atoms with Crippen molar-refractivity contribution >= 4 is 11.8 Å². The van der Waals surface area contributed by atoms with E-state index in [1.54, 1.807) is 23.1 Å². The minimum absolute atomic E-state index is 0.0435. The second-order valence-electron chi connectivity index (χ2n) is 8.48. The van der Waals surface area contributed by atoms with Gasteiger partial charge in [0.25, 0.3) is 5.91 Å². The predicted octanol–water partition coefficient (Wildman–Crippen LogP) is 3.33. The van der Waals surface area contributed by atoms with E-state index < -0.39 is 0 Å². The average Bonchev–Trinajstić information content (AvgIpc) is 3.52. The Hall–Kier alpha value is -2.96. The summed E-state index contributed by atoms with van der Waals surface area (Å²) in [5.41, 5.74) is 1.43. The van der Waals surface area contributed by atoms with Crippen LogP contribution in [0.4, 0.5) is 0 Å². The van der Waals surface area contributed by atoms with E-state index in [4.69, 9.17) is 9.47 Å². The second kappa shape index (κ2) is 9.90. The number of aromatic nitrogens is 1. The number of amides is 2. The molecule has 0 aliphatic heterocycles. The summed E-state index contributed by atoms with van der Waals surface area (Å²) in [5, 5.41) is 0. The molecule has 7 nitrogen and oxygen atoms in total. The molecule has 1 aromatic heterocycles. The number of aryl methyl sites for hydroxylation is 1. The lowest BCUT2D eigenvalue weighted by molar-refractivity contribution is -0.133. The third-order valence-corrected chi connectivity index (χ3v) is 5.54. The maximum Gasteiger partial charge on any atom is 0.262 e. The van der Waals surface area contributed by atoms with Gasteiger partial charge in [0.2, 0.25) is 5.91 Å². The van der Waals surface area contributed by atoms with Crippen molar-refractivity contribution in [3.63, 3.8) is 0 Å². The molecule has 1 fully saturated rings. The van der Waals surface area contributed by atoms with Crippen LogP contribution in [0.2, 0.25) is 0 Å². The Morgan fingerprint density at radius 2 is 1.74 bits per heavy atom. The van der Waals surface area contributed by atoms with Crippen LogP contribution >= 0.6 is 0 Å². The van der Waals surface area contributed by atoms with Crippen LogP contribution in [0.15, 0.2) is 36.5 Å². The molecule has 1 aromatic carbocycles. The number of benzene rings is 1. The highest BCUT2D eigenvalue weighted by Gasteiger charge is 2.37. The van der Waals surface area contributed by atoms with Gasteiger partial charge < -0.3 is 23.8 Å². The van der Waals surface area contributed by atoms with E-state index >= 15 is 0 Å². The highest BCUT2D eigenvalue weighted by Crippen LogP contribution is 2.34. The number of methoxy groups -OCH3 is 2. The first-order chi connectivity index (χ1) is 14.8. The van der Waals surface area contributed by atoms with Gasteiger partial charge in [-0.05, 0) is 43.0 Å². The van der Waals surface area contributed by atoms with Gasteiger partial charge in [0, 0.05) is 31.5 Å². The normalized spacial score (nSPS) is 13.2. The minimum atomic E-state index is -0.228. The third kappa shape index (κ3) is 5.40. The summed E-state index contributed by atoms with van der Waals surface area (Å²) in [5.74, 6) is 0.941. The highest BCUT2D eigenvalue weighted by atomic mass is 16.5. The van der Waals surface area contributed by atoms with E-state index in [0.717, 1.165) is 18.5 Å². The molecule has 168 valence electrons. The molecule has 0 saturated heterocycles. The van der Waals surface area contributed by atoms with E-state index in [-0.39, 0.29) is 24.4 Å². The summed E-state index contributed by atoms with van der Waals surface area (Å²) in [7, 11) is 5.03. The van der Waals surface area contributed by atoms with Crippen LogP contribution in [-0.2, 0) is 18.4 Å². The fourth-order valence-electron chi connectivity index (χ4n) is 3.76. The van der Waals surface area contributed by atoms with E-state index in [2.05, 4.69) is 13.8 Å². The lowest BCUT2D eigenvalue weighted by atomic mass is 10.1. The van der Waals surface area contributed by atoms with Crippen LogP contribution in [0.1, 0.15) is 42.7 Å². The van der Waals surface area contributed by atoms with Gasteiger partial charge in [-0.15, -0.1) is 0 Å². The lowest BCUT2D eigenvalue weighted by Crippen LogP contribution is -2.45. The zero-order chi connectivity index (χ0) is 22.5. The molecule has 7 heteroatoms. The zero-order valence-electron chi connectivity index (χ0n) is 19.1. The maximum atomic E-state index is 13.5. The number of rotatable bonds is 10. The van der Waals surface area contributed by atoms with Gasteiger partial charge in [0.05, 0.1) is 20.8 Å². The number of hydrogen-bond acceptors (Lipinski definition) is 4.